The monoisotopic (exact) mass is 630 g/mol. The fourth-order valence-corrected chi connectivity index (χ4v) is 10.4. The Morgan fingerprint density at radius 2 is 1.79 bits per heavy atom. The van der Waals surface area contributed by atoms with Gasteiger partial charge >= 0.3 is 227 Å². The van der Waals surface area contributed by atoms with E-state index >= 15 is 4.39 Å². The van der Waals surface area contributed by atoms with Crippen LogP contribution in [-0.4, -0.2) is 105 Å². The molecule has 11 heteroatoms. The van der Waals surface area contributed by atoms with Gasteiger partial charge in [-0.05, 0) is 0 Å². The van der Waals surface area contributed by atoms with Gasteiger partial charge in [0.05, 0.1) is 0 Å². The van der Waals surface area contributed by atoms with Crippen molar-refractivity contribution in [3.8, 4) is 6.01 Å². The molecule has 2 atom stereocenters. The molecule has 0 spiro atoms. The first-order valence-corrected chi connectivity index (χ1v) is 23.3. The number of anilines is 1. The molecule has 202 valence electrons. The van der Waals surface area contributed by atoms with Gasteiger partial charge in [-0.1, -0.05) is 0 Å². The molecule has 4 aliphatic rings. The van der Waals surface area contributed by atoms with Gasteiger partial charge in [0.15, 0.2) is 0 Å². The second-order valence-electron chi connectivity index (χ2n) is 12.5. The first-order chi connectivity index (χ1) is 17.9. The Balaban J connectivity index is 1.39. The van der Waals surface area contributed by atoms with Crippen LogP contribution < -0.4 is 13.3 Å². The molecule has 4 aliphatic heterocycles. The SMILES string of the molecule is C=C1CN2CC(=C)CC2(COc2nc(N3C[C@H]4CC[C@@H](C3)N4C(=O)O)c3cn[c]([Sn]([CH3])([CH3])[CH3])c(F)c3n2)C1. The maximum absolute atomic E-state index is 16.0. The first-order valence-electron chi connectivity index (χ1n) is 13.3. The molecule has 0 aliphatic carbocycles. The molecule has 6 heterocycles. The summed E-state index contributed by atoms with van der Waals surface area (Å²) in [5.74, 6) is 0.185. The molecule has 1 amide bonds. The Labute approximate surface area is 226 Å². The van der Waals surface area contributed by atoms with Crippen LogP contribution in [0.15, 0.2) is 30.5 Å². The number of nitrogens with zero attached hydrogens (tertiary/aromatic N) is 6. The Morgan fingerprint density at radius 1 is 1.16 bits per heavy atom. The van der Waals surface area contributed by atoms with E-state index in [4.69, 9.17) is 9.72 Å². The summed E-state index contributed by atoms with van der Waals surface area (Å²) in [6.07, 6.45) is 4.08. The van der Waals surface area contributed by atoms with E-state index in [2.05, 4.69) is 47.7 Å². The van der Waals surface area contributed by atoms with E-state index in [1.54, 1.807) is 11.1 Å². The number of aromatic nitrogens is 3. The molecule has 0 aromatic carbocycles. The van der Waals surface area contributed by atoms with Gasteiger partial charge in [0.25, 0.3) is 0 Å². The second kappa shape index (κ2) is 9.04. The van der Waals surface area contributed by atoms with Crippen LogP contribution in [0.25, 0.3) is 10.9 Å². The average Bonchev–Trinajstić information content (AvgIpc) is 3.40. The van der Waals surface area contributed by atoms with Crippen molar-refractivity contribution in [2.24, 2.45) is 0 Å². The van der Waals surface area contributed by atoms with Crippen LogP contribution >= 0.6 is 0 Å². The molecule has 4 saturated heterocycles. The van der Waals surface area contributed by atoms with Gasteiger partial charge in [-0.3, -0.25) is 0 Å². The minimum atomic E-state index is -2.88. The van der Waals surface area contributed by atoms with Crippen LogP contribution in [0.5, 0.6) is 6.01 Å². The Morgan fingerprint density at radius 3 is 2.37 bits per heavy atom. The summed E-state index contributed by atoms with van der Waals surface area (Å²) in [6.45, 7) is 11.4. The normalized spacial score (nSPS) is 24.9. The van der Waals surface area contributed by atoms with Gasteiger partial charge in [-0.25, -0.2) is 0 Å². The van der Waals surface area contributed by atoms with Gasteiger partial charge < -0.3 is 0 Å². The molecule has 2 aromatic rings. The molecule has 0 unspecified atom stereocenters. The fraction of sp³-hybridized carbons (Fsp3) is 0.556. The summed E-state index contributed by atoms with van der Waals surface area (Å²) >= 11 is -2.88. The second-order valence-corrected chi connectivity index (χ2v) is 26.7. The van der Waals surface area contributed by atoms with Crippen LogP contribution in [-0.2, 0) is 0 Å². The Bertz CT molecular complexity index is 1330. The molecule has 2 bridgehead atoms. The van der Waals surface area contributed by atoms with Crippen molar-refractivity contribution in [3.05, 3.63) is 36.3 Å². The van der Waals surface area contributed by atoms with Gasteiger partial charge in [-0.15, -0.1) is 0 Å². The molecular formula is C27H35FN6O3Sn. The predicted molar refractivity (Wildman–Crippen MR) is 146 cm³/mol. The molecule has 0 saturated carbocycles. The van der Waals surface area contributed by atoms with Crippen molar-refractivity contribution in [1.29, 1.82) is 0 Å². The van der Waals surface area contributed by atoms with Gasteiger partial charge in [0.2, 0.25) is 0 Å². The summed E-state index contributed by atoms with van der Waals surface area (Å²) in [7, 11) is 0. The molecule has 1 N–H and O–H groups in total. The number of hydrogen-bond donors (Lipinski definition) is 1. The van der Waals surface area contributed by atoms with Crippen molar-refractivity contribution in [2.75, 3.05) is 37.7 Å². The Hall–Kier alpha value is -2.47. The van der Waals surface area contributed by atoms with Crippen LogP contribution in [0.2, 0.25) is 14.8 Å². The van der Waals surface area contributed by atoms with Crippen LogP contribution in [0.4, 0.5) is 15.0 Å². The third kappa shape index (κ3) is 4.23. The van der Waals surface area contributed by atoms with Crippen molar-refractivity contribution >= 4 is 44.9 Å². The minimum absolute atomic E-state index is 0.120. The number of pyridine rings is 1. The summed E-state index contributed by atoms with van der Waals surface area (Å²) in [5.41, 5.74) is 2.36. The van der Waals surface area contributed by atoms with Gasteiger partial charge in [0, 0.05) is 0 Å². The van der Waals surface area contributed by atoms with Crippen molar-refractivity contribution in [2.45, 2.75) is 58.1 Å². The van der Waals surface area contributed by atoms with Crippen LogP contribution in [0.1, 0.15) is 25.7 Å². The van der Waals surface area contributed by atoms with E-state index in [1.807, 2.05) is 0 Å². The number of hydrogen-bond acceptors (Lipinski definition) is 7. The van der Waals surface area contributed by atoms with Crippen molar-refractivity contribution in [3.63, 3.8) is 0 Å². The number of amides is 1. The zero-order valence-corrected chi connectivity index (χ0v) is 25.2. The third-order valence-corrected chi connectivity index (χ3v) is 13.5. The number of rotatable bonds is 5. The number of piperazine rings is 1. The summed E-state index contributed by atoms with van der Waals surface area (Å²) in [6, 6.07) is -0.0973. The predicted octanol–water partition coefficient (Wildman–Crippen LogP) is 3.38. The van der Waals surface area contributed by atoms with Crippen molar-refractivity contribution in [1.82, 2.24) is 24.8 Å². The molecule has 6 rings (SSSR count). The zero-order valence-electron chi connectivity index (χ0n) is 22.3. The molecule has 38 heavy (non-hydrogen) atoms. The number of halogens is 1. The number of carbonyl (C=O) groups is 1. The van der Waals surface area contributed by atoms with Crippen molar-refractivity contribution < 1.29 is 19.0 Å². The van der Waals surface area contributed by atoms with Gasteiger partial charge in [-0.2, -0.15) is 0 Å². The Kier molecular flexibility index (Phi) is 6.13. The van der Waals surface area contributed by atoms with Crippen LogP contribution in [0, 0.1) is 5.82 Å². The van der Waals surface area contributed by atoms with E-state index in [-0.39, 0.29) is 35.0 Å². The molecular weight excluding hydrogens is 594 g/mol. The third-order valence-electron chi connectivity index (χ3n) is 8.48. The van der Waals surface area contributed by atoms with E-state index in [0.717, 1.165) is 38.8 Å². The maximum atomic E-state index is 16.0. The first kappa shape index (κ1) is 25.8. The summed E-state index contributed by atoms with van der Waals surface area (Å²) in [4.78, 5) is 38.2. The topological polar surface area (TPSA) is 94.9 Å². The summed E-state index contributed by atoms with van der Waals surface area (Å²) in [5, 5.41) is 10.3. The van der Waals surface area contributed by atoms with E-state index < -0.39 is 24.5 Å². The standard InChI is InChI=1S/C24H26FN6O3.3CH3.Sn/c1-14-5-24(6-15(2)10-30(24)9-14)13-34-22-27-20-18(7-26-8-19(20)25)21(28-22)29-11-16-3-4-17(12-29)31(16)23(32)33;;;;/h7,16-17H,1-6,9-13H2,(H,32,33);3*1H3;/t16-,17+;;;;. The quantitative estimate of drug-likeness (QED) is 0.398. The van der Waals surface area contributed by atoms with E-state index in [1.165, 1.54) is 11.1 Å². The number of ether oxygens (including phenoxy) is 1. The van der Waals surface area contributed by atoms with Gasteiger partial charge in [0.1, 0.15) is 0 Å². The zero-order chi connectivity index (χ0) is 27.0. The van der Waals surface area contributed by atoms with E-state index in [9.17, 15) is 9.90 Å². The molecule has 4 fully saturated rings. The average molecular weight is 629 g/mol. The van der Waals surface area contributed by atoms with Crippen LogP contribution in [0.3, 0.4) is 0 Å². The molecule has 9 nitrogen and oxygen atoms in total. The fourth-order valence-electron chi connectivity index (χ4n) is 6.89. The molecule has 0 radical (unpaired) electrons. The number of fused-ring (bicyclic) bond motifs is 4. The van der Waals surface area contributed by atoms with E-state index in [0.29, 0.717) is 34.6 Å². The number of carboxylic acid groups (broad SMARTS) is 1. The summed E-state index contributed by atoms with van der Waals surface area (Å²) < 4.78 is 22.8. The molecule has 2 aromatic heterocycles.